The number of rotatable bonds is 5. The molecular weight excluding hydrogens is 394 g/mol. The summed E-state index contributed by atoms with van der Waals surface area (Å²) in [5.74, 6) is -0.0214. The molecule has 5 rings (SSSR count). The largest absolute Gasteiger partial charge is 0.378 e. The highest BCUT2D eigenvalue weighted by molar-refractivity contribution is 6.13. The van der Waals surface area contributed by atoms with E-state index in [4.69, 9.17) is 0 Å². The average Bonchev–Trinajstić information content (AvgIpc) is 3.09. The zero-order valence-electron chi connectivity index (χ0n) is 18.2. The number of benzene rings is 4. The second-order valence-electron chi connectivity index (χ2n) is 8.16. The fourth-order valence-corrected chi connectivity index (χ4v) is 4.48. The van der Waals surface area contributed by atoms with Crippen LogP contribution in [0.3, 0.4) is 0 Å². The molecule has 0 radical (unpaired) electrons. The van der Waals surface area contributed by atoms with E-state index in [1.165, 1.54) is 0 Å². The first-order valence-electron chi connectivity index (χ1n) is 10.7. The third-order valence-electron chi connectivity index (χ3n) is 6.00. The summed E-state index contributed by atoms with van der Waals surface area (Å²) in [6.45, 7) is 0. The molecule has 4 aromatic carbocycles. The Hall–Kier alpha value is -4.05. The van der Waals surface area contributed by atoms with Crippen LogP contribution in [0.2, 0.25) is 0 Å². The van der Waals surface area contributed by atoms with E-state index in [2.05, 4.69) is 34.5 Å². The Labute approximate surface area is 188 Å². The smallest absolute Gasteiger partial charge is 0.261 e. The number of fused-ring (bicyclic) bond motifs is 1. The highest BCUT2D eigenvalue weighted by Crippen LogP contribution is 2.47. The van der Waals surface area contributed by atoms with Crippen LogP contribution in [-0.4, -0.2) is 20.0 Å². The SMILES string of the molecule is CN(C)c1ccc(C2(Nc3ccccc3)c3ccccc3C(=O)N2c2ccccc2)cc1. The van der Waals surface area contributed by atoms with Gasteiger partial charge in [-0.3, -0.25) is 9.69 Å². The Kier molecular flexibility index (Phi) is 4.91. The van der Waals surface area contributed by atoms with Gasteiger partial charge in [0.15, 0.2) is 5.66 Å². The van der Waals surface area contributed by atoms with Crippen molar-refractivity contribution in [1.29, 1.82) is 0 Å². The molecule has 0 saturated heterocycles. The molecule has 4 nitrogen and oxygen atoms in total. The van der Waals surface area contributed by atoms with Gasteiger partial charge in [0.1, 0.15) is 0 Å². The monoisotopic (exact) mass is 419 g/mol. The summed E-state index contributed by atoms with van der Waals surface area (Å²) >= 11 is 0. The van der Waals surface area contributed by atoms with Gasteiger partial charge in [0.05, 0.1) is 0 Å². The Morgan fingerprint density at radius 1 is 0.719 bits per heavy atom. The highest BCUT2D eigenvalue weighted by Gasteiger charge is 2.51. The zero-order chi connectivity index (χ0) is 22.1. The normalized spacial score (nSPS) is 17.2. The molecule has 4 aromatic rings. The minimum Gasteiger partial charge on any atom is -0.378 e. The van der Waals surface area contributed by atoms with E-state index in [-0.39, 0.29) is 5.91 Å². The molecule has 4 heteroatoms. The van der Waals surface area contributed by atoms with Crippen molar-refractivity contribution in [3.05, 3.63) is 126 Å². The summed E-state index contributed by atoms with van der Waals surface area (Å²) in [7, 11) is 4.05. The molecule has 1 N–H and O–H groups in total. The second-order valence-corrected chi connectivity index (χ2v) is 8.16. The van der Waals surface area contributed by atoms with Gasteiger partial charge < -0.3 is 10.2 Å². The van der Waals surface area contributed by atoms with E-state index < -0.39 is 5.66 Å². The third kappa shape index (κ3) is 3.12. The molecule has 0 saturated carbocycles. The van der Waals surface area contributed by atoms with Crippen molar-refractivity contribution in [2.24, 2.45) is 0 Å². The van der Waals surface area contributed by atoms with Gasteiger partial charge in [0.2, 0.25) is 0 Å². The van der Waals surface area contributed by atoms with Crippen LogP contribution in [-0.2, 0) is 5.66 Å². The molecule has 1 atom stereocenters. The molecule has 1 aliphatic rings. The van der Waals surface area contributed by atoms with Gasteiger partial charge in [0.25, 0.3) is 5.91 Å². The lowest BCUT2D eigenvalue weighted by atomic mass is 9.89. The number of hydrogen-bond acceptors (Lipinski definition) is 3. The first-order valence-corrected chi connectivity index (χ1v) is 10.7. The van der Waals surface area contributed by atoms with Crippen LogP contribution in [0, 0.1) is 0 Å². The van der Waals surface area contributed by atoms with Crippen molar-refractivity contribution in [2.45, 2.75) is 5.66 Å². The molecule has 158 valence electrons. The number of hydrogen-bond donors (Lipinski definition) is 1. The fourth-order valence-electron chi connectivity index (χ4n) is 4.48. The Balaban J connectivity index is 1.80. The topological polar surface area (TPSA) is 35.6 Å². The maximum atomic E-state index is 13.8. The van der Waals surface area contributed by atoms with Gasteiger partial charge >= 0.3 is 0 Å². The number of nitrogens with zero attached hydrogens (tertiary/aromatic N) is 2. The van der Waals surface area contributed by atoms with Crippen molar-refractivity contribution in [3.63, 3.8) is 0 Å². The number of amides is 1. The standard InChI is InChI=1S/C28H25N3O/c1-30(2)23-19-17-21(18-20-23)28(29-22-11-5-3-6-12-22)26-16-10-9-15-25(26)27(32)31(28)24-13-7-4-8-14-24/h3-20,29H,1-2H3. The maximum absolute atomic E-state index is 13.8. The van der Waals surface area contributed by atoms with Crippen molar-refractivity contribution in [3.8, 4) is 0 Å². The summed E-state index contributed by atoms with van der Waals surface area (Å²) in [4.78, 5) is 17.8. The van der Waals surface area contributed by atoms with Crippen LogP contribution in [0.25, 0.3) is 0 Å². The number of para-hydroxylation sites is 2. The molecule has 1 unspecified atom stereocenters. The third-order valence-corrected chi connectivity index (χ3v) is 6.00. The molecule has 1 aliphatic heterocycles. The van der Waals surface area contributed by atoms with Crippen molar-refractivity contribution >= 4 is 23.0 Å². The lowest BCUT2D eigenvalue weighted by Crippen LogP contribution is -2.51. The summed E-state index contributed by atoms with van der Waals surface area (Å²) < 4.78 is 0. The van der Waals surface area contributed by atoms with Crippen molar-refractivity contribution in [1.82, 2.24) is 0 Å². The molecule has 0 fully saturated rings. The number of carbonyl (C=O) groups excluding carboxylic acids is 1. The van der Waals surface area contributed by atoms with E-state index in [9.17, 15) is 4.79 Å². The van der Waals surface area contributed by atoms with E-state index in [0.717, 1.165) is 28.2 Å². The van der Waals surface area contributed by atoms with Gasteiger partial charge in [0, 0.05) is 47.8 Å². The molecular formula is C28H25N3O. The van der Waals surface area contributed by atoms with Crippen LogP contribution in [0.1, 0.15) is 21.5 Å². The summed E-state index contributed by atoms with van der Waals surface area (Å²) in [6, 6.07) is 36.2. The average molecular weight is 420 g/mol. The summed E-state index contributed by atoms with van der Waals surface area (Å²) in [6.07, 6.45) is 0. The van der Waals surface area contributed by atoms with Crippen LogP contribution in [0.4, 0.5) is 17.1 Å². The first kappa shape index (κ1) is 19.9. The van der Waals surface area contributed by atoms with Crippen LogP contribution >= 0.6 is 0 Å². The van der Waals surface area contributed by atoms with Crippen molar-refractivity contribution in [2.75, 3.05) is 29.2 Å². The molecule has 1 amide bonds. The highest BCUT2D eigenvalue weighted by atomic mass is 16.2. The van der Waals surface area contributed by atoms with E-state index in [1.807, 2.05) is 104 Å². The minimum absolute atomic E-state index is 0.0214. The van der Waals surface area contributed by atoms with Crippen molar-refractivity contribution < 1.29 is 4.79 Å². The molecule has 32 heavy (non-hydrogen) atoms. The number of carbonyl (C=O) groups is 1. The number of nitrogens with one attached hydrogen (secondary N) is 1. The predicted octanol–water partition coefficient (Wildman–Crippen LogP) is 5.73. The second kappa shape index (κ2) is 7.89. The van der Waals surface area contributed by atoms with Gasteiger partial charge in [-0.05, 0) is 42.5 Å². The number of anilines is 3. The Morgan fingerprint density at radius 2 is 1.31 bits per heavy atom. The van der Waals surface area contributed by atoms with E-state index in [1.54, 1.807) is 0 Å². The maximum Gasteiger partial charge on any atom is 0.261 e. The first-order chi connectivity index (χ1) is 15.6. The molecule has 0 aliphatic carbocycles. The molecule has 0 bridgehead atoms. The van der Waals surface area contributed by atoms with Gasteiger partial charge in [-0.2, -0.15) is 0 Å². The Morgan fingerprint density at radius 3 is 1.97 bits per heavy atom. The van der Waals surface area contributed by atoms with Crippen LogP contribution < -0.4 is 15.1 Å². The lowest BCUT2D eigenvalue weighted by Gasteiger charge is -2.41. The van der Waals surface area contributed by atoms with Crippen LogP contribution in [0.15, 0.2) is 109 Å². The minimum atomic E-state index is -0.888. The molecule has 0 spiro atoms. The van der Waals surface area contributed by atoms with E-state index >= 15 is 0 Å². The quantitative estimate of drug-likeness (QED) is 0.449. The van der Waals surface area contributed by atoms with Gasteiger partial charge in [-0.1, -0.05) is 66.7 Å². The summed E-state index contributed by atoms with van der Waals surface area (Å²) in [5.41, 5.74) is 4.64. The Bertz CT molecular complexity index is 1240. The molecule has 1 heterocycles. The molecule has 0 aromatic heterocycles. The van der Waals surface area contributed by atoms with Crippen LogP contribution in [0.5, 0.6) is 0 Å². The predicted molar refractivity (Wildman–Crippen MR) is 131 cm³/mol. The fraction of sp³-hybridized carbons (Fsp3) is 0.107. The van der Waals surface area contributed by atoms with Gasteiger partial charge in [-0.25, -0.2) is 0 Å². The van der Waals surface area contributed by atoms with Gasteiger partial charge in [-0.15, -0.1) is 0 Å². The lowest BCUT2D eigenvalue weighted by molar-refractivity contribution is 0.0985. The zero-order valence-corrected chi connectivity index (χ0v) is 18.2. The van der Waals surface area contributed by atoms with E-state index in [0.29, 0.717) is 5.56 Å². The summed E-state index contributed by atoms with van der Waals surface area (Å²) in [5, 5.41) is 3.75.